The molecule has 4 rings (SSSR count). The fraction of sp³-hybridized carbons (Fsp3) is 0.111. The van der Waals surface area contributed by atoms with Crippen molar-refractivity contribution in [3.63, 3.8) is 0 Å². The Kier molecular flexibility index (Phi) is 5.38. The number of hydrogen-bond acceptors (Lipinski definition) is 8. The molecule has 0 radical (unpaired) electrons. The zero-order valence-electron chi connectivity index (χ0n) is 14.5. The number of aromatic nitrogens is 3. The van der Waals surface area contributed by atoms with Crippen LogP contribution in [0.25, 0.3) is 21.5 Å². The van der Waals surface area contributed by atoms with Crippen LogP contribution in [0.15, 0.2) is 46.3 Å². The third-order valence-electron chi connectivity index (χ3n) is 3.59. The molecule has 0 fully saturated rings. The van der Waals surface area contributed by atoms with E-state index in [1.165, 1.54) is 22.7 Å². The lowest BCUT2D eigenvalue weighted by Gasteiger charge is -2.05. The number of hydrogen-bond donors (Lipinski definition) is 1. The number of amides is 1. The van der Waals surface area contributed by atoms with Gasteiger partial charge in [-0.1, -0.05) is 34.2 Å². The standard InChI is InChI=1S/C18H13ClN4O3S2/c1-10-15(17-22-16(23-26-17)13-3-2-8-27-13)28-18(20-10)21-14(24)9-25-12-6-4-11(19)5-7-12/h2-8H,9H2,1H3,(H,20,21,24). The SMILES string of the molecule is Cc1nc(NC(=O)COc2ccc(Cl)cc2)sc1-c1nc(-c2cccs2)no1. The molecule has 0 aliphatic carbocycles. The molecule has 0 atom stereocenters. The highest BCUT2D eigenvalue weighted by atomic mass is 35.5. The fourth-order valence-corrected chi connectivity index (χ4v) is 3.98. The maximum Gasteiger partial charge on any atom is 0.270 e. The Morgan fingerprint density at radius 2 is 2.07 bits per heavy atom. The summed E-state index contributed by atoms with van der Waals surface area (Å²) in [7, 11) is 0. The zero-order valence-corrected chi connectivity index (χ0v) is 16.9. The average molecular weight is 433 g/mol. The molecule has 10 heteroatoms. The van der Waals surface area contributed by atoms with Gasteiger partial charge in [0.2, 0.25) is 5.82 Å². The summed E-state index contributed by atoms with van der Waals surface area (Å²) >= 11 is 8.62. The number of carbonyl (C=O) groups is 1. The summed E-state index contributed by atoms with van der Waals surface area (Å²) in [5, 5.41) is 9.71. The summed E-state index contributed by atoms with van der Waals surface area (Å²) in [6.07, 6.45) is 0. The second kappa shape index (κ2) is 8.09. The van der Waals surface area contributed by atoms with Crippen molar-refractivity contribution in [2.45, 2.75) is 6.92 Å². The number of thiazole rings is 1. The van der Waals surface area contributed by atoms with Crippen molar-refractivity contribution in [3.8, 4) is 27.2 Å². The highest BCUT2D eigenvalue weighted by molar-refractivity contribution is 7.19. The van der Waals surface area contributed by atoms with Gasteiger partial charge in [-0.2, -0.15) is 4.98 Å². The third kappa shape index (κ3) is 4.22. The Morgan fingerprint density at radius 1 is 1.25 bits per heavy atom. The van der Waals surface area contributed by atoms with Crippen LogP contribution in [-0.4, -0.2) is 27.6 Å². The van der Waals surface area contributed by atoms with Crippen LogP contribution >= 0.6 is 34.3 Å². The van der Waals surface area contributed by atoms with Gasteiger partial charge in [0.15, 0.2) is 11.7 Å². The molecule has 1 amide bonds. The van der Waals surface area contributed by atoms with E-state index in [4.69, 9.17) is 20.9 Å². The van der Waals surface area contributed by atoms with Gasteiger partial charge in [-0.3, -0.25) is 10.1 Å². The molecule has 142 valence electrons. The normalized spacial score (nSPS) is 10.8. The van der Waals surface area contributed by atoms with E-state index in [1.807, 2.05) is 24.4 Å². The van der Waals surface area contributed by atoms with Crippen molar-refractivity contribution in [3.05, 3.63) is 52.5 Å². The minimum absolute atomic E-state index is 0.140. The predicted molar refractivity (Wildman–Crippen MR) is 109 cm³/mol. The molecule has 0 spiro atoms. The fourth-order valence-electron chi connectivity index (χ4n) is 2.30. The van der Waals surface area contributed by atoms with E-state index in [0.717, 1.165) is 4.88 Å². The number of aryl methyl sites for hydroxylation is 1. The average Bonchev–Trinajstić information content (AvgIpc) is 3.41. The smallest absolute Gasteiger partial charge is 0.270 e. The molecule has 3 aromatic heterocycles. The van der Waals surface area contributed by atoms with Crippen molar-refractivity contribution in [2.24, 2.45) is 0 Å². The topological polar surface area (TPSA) is 90.1 Å². The third-order valence-corrected chi connectivity index (χ3v) is 5.77. The summed E-state index contributed by atoms with van der Waals surface area (Å²) in [4.78, 5) is 22.5. The molecule has 1 aromatic carbocycles. The number of halogens is 1. The first kappa shape index (κ1) is 18.6. The van der Waals surface area contributed by atoms with E-state index < -0.39 is 0 Å². The molecule has 0 saturated carbocycles. The van der Waals surface area contributed by atoms with Crippen molar-refractivity contribution >= 4 is 45.3 Å². The minimum atomic E-state index is -0.319. The van der Waals surface area contributed by atoms with Gasteiger partial charge in [0.05, 0.1) is 10.6 Å². The van der Waals surface area contributed by atoms with Gasteiger partial charge in [0, 0.05) is 5.02 Å². The molecular formula is C18H13ClN4O3S2. The van der Waals surface area contributed by atoms with Gasteiger partial charge < -0.3 is 9.26 Å². The monoisotopic (exact) mass is 432 g/mol. The molecule has 0 aliphatic heterocycles. The summed E-state index contributed by atoms with van der Waals surface area (Å²) in [5.41, 5.74) is 0.695. The van der Waals surface area contributed by atoms with Crippen molar-refractivity contribution in [1.82, 2.24) is 15.1 Å². The number of nitrogens with one attached hydrogen (secondary N) is 1. The van der Waals surface area contributed by atoms with E-state index in [-0.39, 0.29) is 12.5 Å². The highest BCUT2D eigenvalue weighted by Crippen LogP contribution is 2.33. The first-order chi connectivity index (χ1) is 13.6. The summed E-state index contributed by atoms with van der Waals surface area (Å²) < 4.78 is 10.8. The lowest BCUT2D eigenvalue weighted by Crippen LogP contribution is -2.20. The highest BCUT2D eigenvalue weighted by Gasteiger charge is 2.18. The summed E-state index contributed by atoms with van der Waals surface area (Å²) in [6.45, 7) is 1.68. The van der Waals surface area contributed by atoms with Crippen LogP contribution < -0.4 is 10.1 Å². The molecule has 1 N–H and O–H groups in total. The van der Waals surface area contributed by atoms with Gasteiger partial charge in [-0.05, 0) is 42.6 Å². The van der Waals surface area contributed by atoms with E-state index in [0.29, 0.717) is 38.2 Å². The second-order valence-electron chi connectivity index (χ2n) is 5.62. The van der Waals surface area contributed by atoms with Crippen LogP contribution in [0.3, 0.4) is 0 Å². The van der Waals surface area contributed by atoms with Gasteiger partial charge in [-0.15, -0.1) is 11.3 Å². The lowest BCUT2D eigenvalue weighted by atomic mass is 10.3. The molecule has 4 aromatic rings. The Morgan fingerprint density at radius 3 is 2.82 bits per heavy atom. The molecule has 3 heterocycles. The number of benzene rings is 1. The Bertz CT molecular complexity index is 1090. The summed E-state index contributed by atoms with van der Waals surface area (Å²) in [6, 6.07) is 10.6. The number of carbonyl (C=O) groups excluding carboxylic acids is 1. The number of anilines is 1. The van der Waals surface area contributed by atoms with Gasteiger partial charge in [0.25, 0.3) is 11.8 Å². The maximum absolute atomic E-state index is 12.1. The first-order valence-electron chi connectivity index (χ1n) is 8.12. The summed E-state index contributed by atoms with van der Waals surface area (Å²) in [5.74, 6) is 1.14. The number of thiophene rings is 1. The van der Waals surface area contributed by atoms with Crippen LogP contribution in [0, 0.1) is 6.92 Å². The lowest BCUT2D eigenvalue weighted by molar-refractivity contribution is -0.118. The number of ether oxygens (including phenoxy) is 1. The first-order valence-corrected chi connectivity index (χ1v) is 10.2. The van der Waals surface area contributed by atoms with Crippen LogP contribution in [0.2, 0.25) is 5.02 Å². The Balaban J connectivity index is 1.41. The molecule has 0 aliphatic rings. The maximum atomic E-state index is 12.1. The van der Waals surface area contributed by atoms with Crippen LogP contribution in [0.1, 0.15) is 5.69 Å². The van der Waals surface area contributed by atoms with E-state index >= 15 is 0 Å². The van der Waals surface area contributed by atoms with Crippen LogP contribution in [-0.2, 0) is 4.79 Å². The molecule has 0 bridgehead atoms. The molecular weight excluding hydrogens is 420 g/mol. The van der Waals surface area contributed by atoms with E-state index in [1.54, 1.807) is 24.3 Å². The number of rotatable bonds is 6. The Hall–Kier alpha value is -2.75. The number of nitrogens with zero attached hydrogens (tertiary/aromatic N) is 3. The Labute approximate surface area is 173 Å². The van der Waals surface area contributed by atoms with Crippen molar-refractivity contribution < 1.29 is 14.1 Å². The van der Waals surface area contributed by atoms with Crippen LogP contribution in [0.4, 0.5) is 5.13 Å². The molecule has 7 nitrogen and oxygen atoms in total. The molecule has 0 unspecified atom stereocenters. The van der Waals surface area contributed by atoms with E-state index in [9.17, 15) is 4.79 Å². The van der Waals surface area contributed by atoms with Gasteiger partial charge >= 0.3 is 0 Å². The van der Waals surface area contributed by atoms with Gasteiger partial charge in [-0.25, -0.2) is 4.98 Å². The minimum Gasteiger partial charge on any atom is -0.484 e. The molecule has 0 saturated heterocycles. The van der Waals surface area contributed by atoms with Crippen molar-refractivity contribution in [1.29, 1.82) is 0 Å². The second-order valence-corrected chi connectivity index (χ2v) is 8.01. The molecule has 28 heavy (non-hydrogen) atoms. The van der Waals surface area contributed by atoms with Gasteiger partial charge in [0.1, 0.15) is 10.6 Å². The van der Waals surface area contributed by atoms with Crippen LogP contribution in [0.5, 0.6) is 5.75 Å². The van der Waals surface area contributed by atoms with Crippen molar-refractivity contribution in [2.75, 3.05) is 11.9 Å². The van der Waals surface area contributed by atoms with E-state index in [2.05, 4.69) is 20.4 Å². The quantitative estimate of drug-likeness (QED) is 0.466. The largest absolute Gasteiger partial charge is 0.484 e. The predicted octanol–water partition coefficient (Wildman–Crippen LogP) is 4.90. The zero-order chi connectivity index (χ0) is 19.5.